The standard InChI is InChI=1S/C29H34N4O9S/c1-16(34)7-6-10-42-25-13-23(33(39)40)21(12-24(25)41-4)17(2)31-28(37)22(30)15-43-26-14-27(36)32(29(26)38)20-9-5-8-19(11-20)18(3)35/h5,8-9,11-13,17,22,26H,6-7,10,14-15,30H2,1-4H3,(H,31,37). The number of carbonyl (C=O) groups excluding carboxylic acids is 5. The number of ether oxygens (including phenoxy) is 2. The SMILES string of the molecule is COc1cc(C(C)NC(=O)C(N)CSC2CC(=O)N(c3cccc(C(C)=O)c3)C2=O)c([N+](=O)[O-])cc1OCCCC(C)=O. The summed E-state index contributed by atoms with van der Waals surface area (Å²) in [6.07, 6.45) is 0.651. The van der Waals surface area contributed by atoms with E-state index in [0.717, 1.165) is 16.7 Å². The molecule has 1 aliphatic heterocycles. The van der Waals surface area contributed by atoms with Crippen molar-refractivity contribution < 1.29 is 38.4 Å². The van der Waals surface area contributed by atoms with Gasteiger partial charge >= 0.3 is 0 Å². The number of methoxy groups -OCH3 is 1. The maximum Gasteiger partial charge on any atom is 0.278 e. The molecule has 3 N–H and O–H groups in total. The number of nitrogens with one attached hydrogen (secondary N) is 1. The van der Waals surface area contributed by atoms with E-state index >= 15 is 0 Å². The van der Waals surface area contributed by atoms with Crippen molar-refractivity contribution in [3.63, 3.8) is 0 Å². The van der Waals surface area contributed by atoms with Crippen LogP contribution in [0.25, 0.3) is 0 Å². The Morgan fingerprint density at radius 2 is 1.91 bits per heavy atom. The molecule has 1 fully saturated rings. The molecular weight excluding hydrogens is 580 g/mol. The van der Waals surface area contributed by atoms with Crippen molar-refractivity contribution in [2.24, 2.45) is 5.73 Å². The normalized spacial score (nSPS) is 16.0. The molecule has 0 aliphatic carbocycles. The lowest BCUT2D eigenvalue weighted by Gasteiger charge is -2.20. The van der Waals surface area contributed by atoms with Crippen LogP contribution in [0.2, 0.25) is 0 Å². The second-order valence-electron chi connectivity index (χ2n) is 10.0. The van der Waals surface area contributed by atoms with E-state index in [1.165, 1.54) is 39.2 Å². The van der Waals surface area contributed by atoms with Crippen LogP contribution in [0.15, 0.2) is 36.4 Å². The van der Waals surface area contributed by atoms with E-state index in [2.05, 4.69) is 5.32 Å². The van der Waals surface area contributed by atoms with Gasteiger partial charge in [-0.2, -0.15) is 0 Å². The number of rotatable bonds is 15. The molecule has 43 heavy (non-hydrogen) atoms. The molecule has 14 heteroatoms. The molecule has 3 atom stereocenters. The molecule has 0 saturated carbocycles. The summed E-state index contributed by atoms with van der Waals surface area (Å²) in [6, 6.07) is 6.91. The Kier molecular flexibility index (Phi) is 11.4. The fourth-order valence-corrected chi connectivity index (χ4v) is 5.51. The number of imide groups is 1. The van der Waals surface area contributed by atoms with E-state index in [1.807, 2.05) is 0 Å². The van der Waals surface area contributed by atoms with Crippen molar-refractivity contribution in [1.29, 1.82) is 0 Å². The molecule has 0 radical (unpaired) electrons. The second-order valence-corrected chi connectivity index (χ2v) is 11.2. The lowest BCUT2D eigenvalue weighted by atomic mass is 10.0. The van der Waals surface area contributed by atoms with Gasteiger partial charge in [0.05, 0.1) is 53.3 Å². The Bertz CT molecular complexity index is 1430. The molecule has 0 bridgehead atoms. The van der Waals surface area contributed by atoms with Gasteiger partial charge in [-0.05, 0) is 45.4 Å². The third kappa shape index (κ3) is 8.38. The topological polar surface area (TPSA) is 188 Å². The van der Waals surface area contributed by atoms with Crippen LogP contribution >= 0.6 is 11.8 Å². The van der Waals surface area contributed by atoms with Gasteiger partial charge in [0.25, 0.3) is 5.69 Å². The van der Waals surface area contributed by atoms with E-state index in [4.69, 9.17) is 15.2 Å². The maximum atomic E-state index is 13.0. The van der Waals surface area contributed by atoms with Crippen molar-refractivity contribution in [3.8, 4) is 11.5 Å². The van der Waals surface area contributed by atoms with Gasteiger partial charge in [0.2, 0.25) is 17.7 Å². The number of carbonyl (C=O) groups is 5. The van der Waals surface area contributed by atoms with Gasteiger partial charge in [-0.1, -0.05) is 12.1 Å². The predicted octanol–water partition coefficient (Wildman–Crippen LogP) is 3.12. The fourth-order valence-electron chi connectivity index (χ4n) is 4.41. The Morgan fingerprint density at radius 3 is 2.53 bits per heavy atom. The molecule has 1 heterocycles. The molecule has 2 aromatic rings. The van der Waals surface area contributed by atoms with Crippen LogP contribution in [0.1, 0.15) is 62.0 Å². The van der Waals surface area contributed by atoms with E-state index in [1.54, 1.807) is 25.1 Å². The van der Waals surface area contributed by atoms with Crippen molar-refractivity contribution in [1.82, 2.24) is 5.32 Å². The number of nitrogens with zero attached hydrogens (tertiary/aromatic N) is 2. The Labute approximate surface area is 252 Å². The number of hydrogen-bond donors (Lipinski definition) is 2. The van der Waals surface area contributed by atoms with Crippen molar-refractivity contribution in [3.05, 3.63) is 57.6 Å². The average molecular weight is 615 g/mol. The van der Waals surface area contributed by atoms with Gasteiger partial charge in [-0.3, -0.25) is 29.3 Å². The van der Waals surface area contributed by atoms with Crippen molar-refractivity contribution in [2.75, 3.05) is 24.4 Å². The van der Waals surface area contributed by atoms with Gasteiger partial charge in [0, 0.05) is 24.2 Å². The quantitative estimate of drug-likeness (QED) is 0.0986. The van der Waals surface area contributed by atoms with Crippen LogP contribution in [-0.4, -0.2) is 65.0 Å². The number of ketones is 2. The lowest BCUT2D eigenvalue weighted by molar-refractivity contribution is -0.385. The first-order valence-corrected chi connectivity index (χ1v) is 14.5. The summed E-state index contributed by atoms with van der Waals surface area (Å²) in [5, 5.41) is 13.7. The number of amides is 3. The molecular formula is C29H34N4O9S. The zero-order valence-electron chi connectivity index (χ0n) is 24.3. The first-order chi connectivity index (χ1) is 20.3. The highest BCUT2D eigenvalue weighted by Crippen LogP contribution is 2.38. The largest absolute Gasteiger partial charge is 0.493 e. The minimum absolute atomic E-state index is 0.000183. The summed E-state index contributed by atoms with van der Waals surface area (Å²) in [5.74, 6) is -1.36. The molecule has 2 aromatic carbocycles. The third-order valence-corrected chi connectivity index (χ3v) is 8.02. The highest BCUT2D eigenvalue weighted by molar-refractivity contribution is 8.00. The molecule has 3 unspecified atom stereocenters. The molecule has 0 aromatic heterocycles. The highest BCUT2D eigenvalue weighted by Gasteiger charge is 2.40. The first kappa shape index (κ1) is 33.2. The second kappa shape index (κ2) is 14.7. The van der Waals surface area contributed by atoms with Gasteiger partial charge in [0.1, 0.15) is 5.78 Å². The van der Waals surface area contributed by atoms with E-state index < -0.39 is 40.0 Å². The minimum atomic E-state index is -1.09. The summed E-state index contributed by atoms with van der Waals surface area (Å²) in [7, 11) is 1.37. The number of thioether (sulfide) groups is 1. The predicted molar refractivity (Wildman–Crippen MR) is 159 cm³/mol. The van der Waals surface area contributed by atoms with Crippen LogP contribution in [-0.2, 0) is 19.2 Å². The van der Waals surface area contributed by atoms with Crippen LogP contribution in [0, 0.1) is 10.1 Å². The lowest BCUT2D eigenvalue weighted by Crippen LogP contribution is -2.43. The Hall–Kier alpha value is -4.30. The fraction of sp³-hybridized carbons (Fsp3) is 0.414. The monoisotopic (exact) mass is 614 g/mol. The molecule has 230 valence electrons. The van der Waals surface area contributed by atoms with E-state index in [-0.39, 0.29) is 53.1 Å². The van der Waals surface area contributed by atoms with Crippen molar-refractivity contribution in [2.45, 2.75) is 57.4 Å². The number of Topliss-reactive ketones (excluding diaryl/α,β-unsaturated/α-hetero) is 2. The van der Waals surface area contributed by atoms with Gasteiger partial charge in [0.15, 0.2) is 17.3 Å². The number of nitro groups is 1. The van der Waals surface area contributed by atoms with E-state index in [9.17, 15) is 34.1 Å². The van der Waals surface area contributed by atoms with Crippen LogP contribution in [0.5, 0.6) is 11.5 Å². The minimum Gasteiger partial charge on any atom is -0.493 e. The molecule has 1 aliphatic rings. The van der Waals surface area contributed by atoms with Gasteiger partial charge in [-0.25, -0.2) is 4.90 Å². The molecule has 3 rings (SSSR count). The molecule has 13 nitrogen and oxygen atoms in total. The molecule has 3 amide bonds. The first-order valence-electron chi connectivity index (χ1n) is 13.5. The van der Waals surface area contributed by atoms with E-state index in [0.29, 0.717) is 24.1 Å². The average Bonchev–Trinajstić information content (AvgIpc) is 3.25. The van der Waals surface area contributed by atoms with Crippen LogP contribution in [0.4, 0.5) is 11.4 Å². The van der Waals surface area contributed by atoms with Crippen LogP contribution < -0.4 is 25.4 Å². The van der Waals surface area contributed by atoms with Gasteiger partial charge < -0.3 is 25.3 Å². The Balaban J connectivity index is 1.64. The zero-order chi connectivity index (χ0) is 31.8. The smallest absolute Gasteiger partial charge is 0.278 e. The maximum absolute atomic E-state index is 13.0. The van der Waals surface area contributed by atoms with Crippen LogP contribution in [0.3, 0.4) is 0 Å². The summed E-state index contributed by atoms with van der Waals surface area (Å²) >= 11 is 1.06. The highest BCUT2D eigenvalue weighted by atomic mass is 32.2. The van der Waals surface area contributed by atoms with Crippen molar-refractivity contribution >= 4 is 52.4 Å². The number of anilines is 1. The third-order valence-electron chi connectivity index (χ3n) is 6.70. The Morgan fingerprint density at radius 1 is 1.19 bits per heavy atom. The summed E-state index contributed by atoms with van der Waals surface area (Å²) in [4.78, 5) is 73.7. The van der Waals surface area contributed by atoms with Gasteiger partial charge in [-0.15, -0.1) is 11.8 Å². The number of nitrogens with two attached hydrogens (primary N) is 1. The molecule has 1 saturated heterocycles. The summed E-state index contributed by atoms with van der Waals surface area (Å²) in [5.41, 5.74) is 6.60. The molecule has 0 spiro atoms. The number of benzene rings is 2. The summed E-state index contributed by atoms with van der Waals surface area (Å²) in [6.45, 7) is 4.56. The summed E-state index contributed by atoms with van der Waals surface area (Å²) < 4.78 is 10.9. The zero-order valence-corrected chi connectivity index (χ0v) is 25.1. The number of hydrogen-bond acceptors (Lipinski definition) is 11. The number of nitro benzene ring substituents is 1.